The minimum Gasteiger partial charge on any atom is -0.490 e. The molecule has 0 aliphatic carbocycles. The van der Waals surface area contributed by atoms with E-state index in [-0.39, 0.29) is 17.9 Å². The minimum atomic E-state index is -0.239. The van der Waals surface area contributed by atoms with Gasteiger partial charge in [0.1, 0.15) is 12.4 Å². The van der Waals surface area contributed by atoms with E-state index in [0.29, 0.717) is 30.0 Å². The highest BCUT2D eigenvalue weighted by molar-refractivity contribution is 6.06. The van der Waals surface area contributed by atoms with Gasteiger partial charge in [0.2, 0.25) is 5.91 Å². The van der Waals surface area contributed by atoms with Crippen LogP contribution in [0.3, 0.4) is 0 Å². The van der Waals surface area contributed by atoms with Crippen molar-refractivity contribution >= 4 is 17.5 Å². The Hall–Kier alpha value is -2.86. The molecule has 1 heterocycles. The van der Waals surface area contributed by atoms with E-state index >= 15 is 0 Å². The maximum atomic E-state index is 12.7. The summed E-state index contributed by atoms with van der Waals surface area (Å²) in [5.74, 6) is 0.253. The summed E-state index contributed by atoms with van der Waals surface area (Å²) in [6.45, 7) is 1.21. The number of ether oxygens (including phenoxy) is 2. The first-order chi connectivity index (χ1) is 13.2. The molecule has 0 bridgehead atoms. The van der Waals surface area contributed by atoms with Crippen LogP contribution in [0.5, 0.6) is 5.75 Å². The third-order valence-corrected chi connectivity index (χ3v) is 4.44. The average molecular weight is 368 g/mol. The topological polar surface area (TPSA) is 76.7 Å². The van der Waals surface area contributed by atoms with Gasteiger partial charge in [0, 0.05) is 19.3 Å². The lowest BCUT2D eigenvalue weighted by atomic mass is 10.1. The summed E-state index contributed by atoms with van der Waals surface area (Å²) in [4.78, 5) is 24.1. The van der Waals surface area contributed by atoms with Crippen molar-refractivity contribution in [3.05, 3.63) is 59.7 Å². The molecule has 1 fully saturated rings. The molecule has 0 aromatic heterocycles. The molecule has 2 amide bonds. The third-order valence-electron chi connectivity index (χ3n) is 4.44. The molecular weight excluding hydrogens is 344 g/mol. The summed E-state index contributed by atoms with van der Waals surface area (Å²) in [5, 5.41) is 5.46. The van der Waals surface area contributed by atoms with E-state index in [2.05, 4.69) is 10.6 Å². The summed E-state index contributed by atoms with van der Waals surface area (Å²) in [7, 11) is 1.61. The van der Waals surface area contributed by atoms with Gasteiger partial charge in [0.15, 0.2) is 0 Å². The lowest BCUT2D eigenvalue weighted by Gasteiger charge is -2.14. The molecule has 0 spiro atoms. The van der Waals surface area contributed by atoms with E-state index in [4.69, 9.17) is 9.47 Å². The highest BCUT2D eigenvalue weighted by Crippen LogP contribution is 2.22. The first kappa shape index (κ1) is 18.9. The highest BCUT2D eigenvalue weighted by atomic mass is 16.5. The highest BCUT2D eigenvalue weighted by Gasteiger charge is 2.18. The quantitative estimate of drug-likeness (QED) is 0.788. The Balaban J connectivity index is 1.62. The van der Waals surface area contributed by atoms with E-state index in [9.17, 15) is 9.59 Å². The maximum absolute atomic E-state index is 12.7. The molecule has 1 saturated heterocycles. The van der Waals surface area contributed by atoms with Crippen molar-refractivity contribution in [3.8, 4) is 5.75 Å². The summed E-state index contributed by atoms with van der Waals surface area (Å²) in [5.41, 5.74) is 2.02. The van der Waals surface area contributed by atoms with Gasteiger partial charge < -0.3 is 20.1 Å². The summed E-state index contributed by atoms with van der Waals surface area (Å²) in [6.07, 6.45) is 2.43. The van der Waals surface area contributed by atoms with Crippen molar-refractivity contribution in [1.82, 2.24) is 5.32 Å². The van der Waals surface area contributed by atoms with Gasteiger partial charge in [-0.25, -0.2) is 0 Å². The van der Waals surface area contributed by atoms with Crippen LogP contribution in [0.4, 0.5) is 5.69 Å². The van der Waals surface area contributed by atoms with E-state index in [1.54, 1.807) is 37.4 Å². The van der Waals surface area contributed by atoms with Gasteiger partial charge in [-0.2, -0.15) is 0 Å². The zero-order valence-corrected chi connectivity index (χ0v) is 15.4. The Kier molecular flexibility index (Phi) is 6.44. The second-order valence-electron chi connectivity index (χ2n) is 6.44. The minimum absolute atomic E-state index is 0.0518. The monoisotopic (exact) mass is 368 g/mol. The number of amides is 2. The number of para-hydroxylation sites is 1. The Labute approximate surface area is 158 Å². The fourth-order valence-corrected chi connectivity index (χ4v) is 2.92. The van der Waals surface area contributed by atoms with Gasteiger partial charge in [-0.1, -0.05) is 24.3 Å². The molecule has 2 aromatic rings. The van der Waals surface area contributed by atoms with Gasteiger partial charge in [-0.15, -0.1) is 0 Å². The fraction of sp³-hybridized carbons (Fsp3) is 0.333. The van der Waals surface area contributed by atoms with E-state index in [0.717, 1.165) is 25.0 Å². The van der Waals surface area contributed by atoms with E-state index in [1.165, 1.54) is 0 Å². The summed E-state index contributed by atoms with van der Waals surface area (Å²) in [6, 6.07) is 14.4. The number of benzene rings is 2. The SMILES string of the molecule is CNC(=O)Cc1ccc(NC(=O)c2ccccc2OCC2CCCO2)cc1. The molecule has 142 valence electrons. The summed E-state index contributed by atoms with van der Waals surface area (Å²) >= 11 is 0. The fourth-order valence-electron chi connectivity index (χ4n) is 2.92. The molecule has 3 rings (SSSR count). The number of carbonyl (C=O) groups excluding carboxylic acids is 2. The Morgan fingerprint density at radius 1 is 1.15 bits per heavy atom. The standard InChI is InChI=1S/C21H24N2O4/c1-22-20(24)13-15-8-10-16(11-9-15)23-21(25)18-6-2-3-7-19(18)27-14-17-5-4-12-26-17/h2-3,6-11,17H,4-5,12-14H2,1H3,(H,22,24)(H,23,25). The van der Waals surface area contributed by atoms with Crippen LogP contribution in [-0.2, 0) is 16.0 Å². The van der Waals surface area contributed by atoms with E-state index < -0.39 is 0 Å². The van der Waals surface area contributed by atoms with Crippen LogP contribution in [0.15, 0.2) is 48.5 Å². The molecule has 2 aromatic carbocycles. The number of hydrogen-bond acceptors (Lipinski definition) is 4. The normalized spacial score (nSPS) is 16.0. The summed E-state index contributed by atoms with van der Waals surface area (Å²) < 4.78 is 11.4. The largest absolute Gasteiger partial charge is 0.490 e. The molecule has 1 atom stereocenters. The van der Waals surface area contributed by atoms with Crippen molar-refractivity contribution in [3.63, 3.8) is 0 Å². The van der Waals surface area contributed by atoms with Crippen LogP contribution in [0.2, 0.25) is 0 Å². The molecule has 1 aliphatic heterocycles. The van der Waals surface area contributed by atoms with Crippen molar-refractivity contribution in [2.45, 2.75) is 25.4 Å². The second-order valence-corrected chi connectivity index (χ2v) is 6.44. The molecule has 2 N–H and O–H groups in total. The van der Waals surface area contributed by atoms with Crippen LogP contribution in [0.1, 0.15) is 28.8 Å². The number of likely N-dealkylation sites (N-methyl/N-ethyl adjacent to an activating group) is 1. The van der Waals surface area contributed by atoms with Crippen LogP contribution in [0, 0.1) is 0 Å². The van der Waals surface area contributed by atoms with Gasteiger partial charge in [-0.05, 0) is 42.7 Å². The lowest BCUT2D eigenvalue weighted by molar-refractivity contribution is -0.119. The number of hydrogen-bond donors (Lipinski definition) is 2. The van der Waals surface area contributed by atoms with Gasteiger partial charge in [-0.3, -0.25) is 9.59 Å². The predicted octanol–water partition coefficient (Wildman–Crippen LogP) is 2.79. The van der Waals surface area contributed by atoms with Crippen LogP contribution in [-0.4, -0.2) is 38.2 Å². The molecule has 27 heavy (non-hydrogen) atoms. The zero-order chi connectivity index (χ0) is 19.1. The Morgan fingerprint density at radius 2 is 1.93 bits per heavy atom. The smallest absolute Gasteiger partial charge is 0.259 e. The van der Waals surface area contributed by atoms with Crippen LogP contribution in [0.25, 0.3) is 0 Å². The van der Waals surface area contributed by atoms with Gasteiger partial charge in [0.05, 0.1) is 18.1 Å². The lowest BCUT2D eigenvalue weighted by Crippen LogP contribution is -2.20. The van der Waals surface area contributed by atoms with Crippen molar-refractivity contribution in [2.24, 2.45) is 0 Å². The maximum Gasteiger partial charge on any atom is 0.259 e. The first-order valence-electron chi connectivity index (χ1n) is 9.10. The zero-order valence-electron chi connectivity index (χ0n) is 15.4. The average Bonchev–Trinajstić information content (AvgIpc) is 3.21. The number of rotatable bonds is 7. The Morgan fingerprint density at radius 3 is 2.63 bits per heavy atom. The third kappa shape index (κ3) is 5.31. The van der Waals surface area contributed by atoms with Crippen molar-refractivity contribution in [2.75, 3.05) is 25.6 Å². The molecule has 6 heteroatoms. The number of carbonyl (C=O) groups is 2. The Bertz CT molecular complexity index is 783. The van der Waals surface area contributed by atoms with Crippen molar-refractivity contribution < 1.29 is 19.1 Å². The van der Waals surface area contributed by atoms with E-state index in [1.807, 2.05) is 18.2 Å². The molecule has 1 aliphatic rings. The second kappa shape index (κ2) is 9.19. The van der Waals surface area contributed by atoms with Crippen LogP contribution >= 0.6 is 0 Å². The number of anilines is 1. The molecule has 1 unspecified atom stereocenters. The molecular formula is C21H24N2O4. The van der Waals surface area contributed by atoms with Crippen molar-refractivity contribution in [1.29, 1.82) is 0 Å². The first-order valence-corrected chi connectivity index (χ1v) is 9.10. The molecule has 6 nitrogen and oxygen atoms in total. The van der Waals surface area contributed by atoms with Gasteiger partial charge >= 0.3 is 0 Å². The van der Waals surface area contributed by atoms with Gasteiger partial charge in [0.25, 0.3) is 5.91 Å². The molecule has 0 saturated carbocycles. The predicted molar refractivity (Wildman–Crippen MR) is 103 cm³/mol. The van der Waals surface area contributed by atoms with Crippen LogP contribution < -0.4 is 15.4 Å². The molecule has 0 radical (unpaired) electrons. The number of nitrogens with one attached hydrogen (secondary N) is 2.